The summed E-state index contributed by atoms with van der Waals surface area (Å²) in [7, 11) is -3.77. The number of fused-ring (bicyclic) bond motifs is 2. The molecule has 6 rings (SSSR count). The minimum absolute atomic E-state index is 0.0778. The third-order valence-electron chi connectivity index (χ3n) is 8.02. The Kier molecular flexibility index (Phi) is 7.36. The number of nitrogens with one attached hydrogen (secondary N) is 1. The summed E-state index contributed by atoms with van der Waals surface area (Å²) in [6.07, 6.45) is -0.273. The highest BCUT2D eigenvalue weighted by Gasteiger charge is 2.35. The lowest BCUT2D eigenvalue weighted by atomic mass is 9.95. The fraction of sp³-hybridized carbons (Fsp3) is 0.300. The van der Waals surface area contributed by atoms with E-state index in [0.29, 0.717) is 43.2 Å². The Bertz CT molecular complexity index is 1910. The van der Waals surface area contributed by atoms with Crippen LogP contribution in [0.1, 0.15) is 30.9 Å². The van der Waals surface area contributed by atoms with E-state index in [1.165, 1.54) is 17.0 Å². The van der Waals surface area contributed by atoms with Crippen LogP contribution in [0.5, 0.6) is 0 Å². The van der Waals surface area contributed by atoms with Gasteiger partial charge in [0, 0.05) is 42.9 Å². The molecular formula is C30H29F3N6O3S. The second kappa shape index (κ2) is 11.0. The van der Waals surface area contributed by atoms with Crippen LogP contribution in [0.3, 0.4) is 0 Å². The lowest BCUT2D eigenvalue weighted by molar-refractivity contribution is -0.141. The Balaban J connectivity index is 1.15. The Morgan fingerprint density at radius 3 is 2.42 bits per heavy atom. The molecule has 0 bridgehead atoms. The van der Waals surface area contributed by atoms with Crippen molar-refractivity contribution in [1.82, 2.24) is 25.0 Å². The van der Waals surface area contributed by atoms with E-state index in [0.717, 1.165) is 17.1 Å². The van der Waals surface area contributed by atoms with E-state index >= 15 is 0 Å². The Labute approximate surface area is 245 Å². The van der Waals surface area contributed by atoms with Gasteiger partial charge in [-0.2, -0.15) is 28.2 Å². The second-order valence-electron chi connectivity index (χ2n) is 10.6. The van der Waals surface area contributed by atoms with Gasteiger partial charge < -0.3 is 4.90 Å². The van der Waals surface area contributed by atoms with Crippen LogP contribution in [0.15, 0.2) is 82.8 Å². The lowest BCUT2D eigenvalue weighted by Gasteiger charge is -2.35. The summed E-state index contributed by atoms with van der Waals surface area (Å²) in [6.45, 7) is 2.99. The summed E-state index contributed by atoms with van der Waals surface area (Å²) < 4.78 is 67.2. The molecule has 1 amide bonds. The SMILES string of the molecule is CCN(Cc1ccccc1C(F)(F)F)C(=O)C1CCN(n2ncc3cc(S(=O)(=O)c4ccc5[nH]ncc5c4)ccc32)CC1. The van der Waals surface area contributed by atoms with E-state index < -0.39 is 21.6 Å². The molecule has 224 valence electrons. The average molecular weight is 611 g/mol. The molecule has 13 heteroatoms. The zero-order valence-corrected chi connectivity index (χ0v) is 24.1. The zero-order valence-electron chi connectivity index (χ0n) is 23.3. The maximum absolute atomic E-state index is 13.5. The summed E-state index contributed by atoms with van der Waals surface area (Å²) in [5.74, 6) is -0.478. The van der Waals surface area contributed by atoms with Crippen LogP contribution in [-0.2, 0) is 27.4 Å². The van der Waals surface area contributed by atoms with Gasteiger partial charge in [0.15, 0.2) is 0 Å². The molecule has 1 fully saturated rings. The van der Waals surface area contributed by atoms with Crippen molar-refractivity contribution in [3.05, 3.63) is 84.2 Å². The first-order chi connectivity index (χ1) is 20.6. The standard InChI is InChI=1S/C30H29F3N6O3S/c1-2-37(19-21-5-3-4-6-26(21)30(31,32)33)29(40)20-11-13-38(14-12-20)39-28-10-8-25(16-23(28)18-35-39)43(41,42)24-7-9-27-22(15-24)17-34-36-27/h3-10,15-18,20H,2,11-14,19H2,1H3,(H,34,36). The van der Waals surface area contributed by atoms with E-state index in [1.54, 1.807) is 66.6 Å². The molecule has 43 heavy (non-hydrogen) atoms. The number of sulfone groups is 1. The monoisotopic (exact) mass is 610 g/mol. The minimum atomic E-state index is -4.49. The number of amides is 1. The number of aromatic nitrogens is 4. The topological polar surface area (TPSA) is 104 Å². The molecule has 0 spiro atoms. The van der Waals surface area contributed by atoms with Crippen molar-refractivity contribution >= 4 is 37.6 Å². The van der Waals surface area contributed by atoms with Gasteiger partial charge >= 0.3 is 6.18 Å². The predicted octanol–water partition coefficient (Wildman–Crippen LogP) is 5.16. The van der Waals surface area contributed by atoms with Gasteiger partial charge in [0.25, 0.3) is 0 Å². The molecule has 9 nitrogen and oxygen atoms in total. The number of benzene rings is 3. The first-order valence-electron chi connectivity index (χ1n) is 13.9. The van der Waals surface area contributed by atoms with Gasteiger partial charge in [0.1, 0.15) is 0 Å². The summed E-state index contributed by atoms with van der Waals surface area (Å²) >= 11 is 0. The smallest absolute Gasteiger partial charge is 0.338 e. The van der Waals surface area contributed by atoms with Crippen LogP contribution in [0, 0.1) is 5.92 Å². The molecule has 3 heterocycles. The van der Waals surface area contributed by atoms with Gasteiger partial charge in [-0.25, -0.2) is 8.42 Å². The van der Waals surface area contributed by atoms with E-state index in [1.807, 2.05) is 5.01 Å². The van der Waals surface area contributed by atoms with Crippen molar-refractivity contribution in [2.45, 2.75) is 42.3 Å². The number of hydrogen-bond donors (Lipinski definition) is 1. The number of halogens is 3. The number of piperidine rings is 1. The number of carbonyl (C=O) groups is 1. The largest absolute Gasteiger partial charge is 0.416 e. The molecule has 1 aliphatic rings. The molecule has 0 radical (unpaired) electrons. The average Bonchev–Trinajstić information content (AvgIpc) is 3.66. The van der Waals surface area contributed by atoms with Gasteiger partial charge in [-0.3, -0.25) is 14.9 Å². The predicted molar refractivity (Wildman–Crippen MR) is 154 cm³/mol. The van der Waals surface area contributed by atoms with Gasteiger partial charge in [0.2, 0.25) is 15.7 Å². The number of nitrogens with zero attached hydrogens (tertiary/aromatic N) is 5. The highest BCUT2D eigenvalue weighted by Crippen LogP contribution is 2.33. The molecule has 0 saturated carbocycles. The van der Waals surface area contributed by atoms with Crippen molar-refractivity contribution < 1.29 is 26.4 Å². The fourth-order valence-corrected chi connectivity index (χ4v) is 6.99. The molecule has 3 aromatic carbocycles. The van der Waals surface area contributed by atoms with E-state index in [4.69, 9.17) is 0 Å². The van der Waals surface area contributed by atoms with Crippen molar-refractivity contribution in [3.63, 3.8) is 0 Å². The number of rotatable bonds is 7. The molecule has 0 aliphatic carbocycles. The normalized spacial score (nSPS) is 14.9. The molecular weight excluding hydrogens is 581 g/mol. The Morgan fingerprint density at radius 2 is 1.70 bits per heavy atom. The molecule has 2 aromatic heterocycles. The lowest BCUT2D eigenvalue weighted by Crippen LogP contribution is -2.46. The molecule has 1 aliphatic heterocycles. The first kappa shape index (κ1) is 28.7. The number of aromatic amines is 1. The van der Waals surface area contributed by atoms with Crippen LogP contribution in [-0.4, -0.2) is 58.9 Å². The Hall–Kier alpha value is -4.39. The Morgan fingerprint density at radius 1 is 1.00 bits per heavy atom. The number of H-pyrrole nitrogens is 1. The summed E-state index contributed by atoms with van der Waals surface area (Å²) in [4.78, 5) is 16.9. The first-order valence-corrected chi connectivity index (χ1v) is 15.4. The summed E-state index contributed by atoms with van der Waals surface area (Å²) in [5, 5.41) is 14.6. The van der Waals surface area contributed by atoms with Gasteiger partial charge in [-0.1, -0.05) is 18.2 Å². The maximum Gasteiger partial charge on any atom is 0.416 e. The van der Waals surface area contributed by atoms with Crippen molar-refractivity contribution in [1.29, 1.82) is 0 Å². The van der Waals surface area contributed by atoms with Crippen LogP contribution in [0.4, 0.5) is 13.2 Å². The number of carbonyl (C=O) groups excluding carboxylic acids is 1. The molecule has 0 atom stereocenters. The van der Waals surface area contributed by atoms with Crippen molar-refractivity contribution in [2.24, 2.45) is 5.92 Å². The highest BCUT2D eigenvalue weighted by atomic mass is 32.2. The van der Waals surface area contributed by atoms with Gasteiger partial charge in [0.05, 0.1) is 38.8 Å². The van der Waals surface area contributed by atoms with Crippen molar-refractivity contribution in [2.75, 3.05) is 24.6 Å². The molecule has 0 unspecified atom stereocenters. The van der Waals surface area contributed by atoms with Crippen LogP contribution >= 0.6 is 0 Å². The third-order valence-corrected chi connectivity index (χ3v) is 9.77. The zero-order chi connectivity index (χ0) is 30.4. The van der Waals surface area contributed by atoms with Gasteiger partial charge in [-0.05, 0) is 67.8 Å². The molecule has 1 saturated heterocycles. The van der Waals surface area contributed by atoms with Gasteiger partial charge in [-0.15, -0.1) is 0 Å². The quantitative estimate of drug-likeness (QED) is 0.273. The number of alkyl halides is 3. The summed E-state index contributed by atoms with van der Waals surface area (Å²) in [5.41, 5.74) is 0.828. The highest BCUT2D eigenvalue weighted by molar-refractivity contribution is 7.91. The maximum atomic E-state index is 13.5. The third kappa shape index (κ3) is 5.44. The van der Waals surface area contributed by atoms with E-state index in [9.17, 15) is 26.4 Å². The molecule has 5 aromatic rings. The van der Waals surface area contributed by atoms with E-state index in [-0.39, 0.29) is 33.7 Å². The molecule has 1 N–H and O–H groups in total. The second-order valence-corrected chi connectivity index (χ2v) is 12.6. The van der Waals surface area contributed by atoms with Crippen molar-refractivity contribution in [3.8, 4) is 0 Å². The van der Waals surface area contributed by atoms with Crippen LogP contribution < -0.4 is 5.01 Å². The minimum Gasteiger partial charge on any atom is -0.338 e. The number of hydrogen-bond acceptors (Lipinski definition) is 6. The van der Waals surface area contributed by atoms with Crippen LogP contribution in [0.2, 0.25) is 0 Å². The fourth-order valence-electron chi connectivity index (χ4n) is 5.66. The van der Waals surface area contributed by atoms with Crippen LogP contribution in [0.25, 0.3) is 21.8 Å². The summed E-state index contributed by atoms with van der Waals surface area (Å²) in [6, 6.07) is 15.0. The van der Waals surface area contributed by atoms with E-state index in [2.05, 4.69) is 15.3 Å².